The van der Waals surface area contributed by atoms with Crippen molar-refractivity contribution in [2.24, 2.45) is 5.41 Å². The van der Waals surface area contributed by atoms with Gasteiger partial charge in [0.2, 0.25) is 0 Å². The molecule has 5 nitrogen and oxygen atoms in total. The van der Waals surface area contributed by atoms with E-state index in [9.17, 15) is 14.7 Å². The van der Waals surface area contributed by atoms with Gasteiger partial charge in [0.05, 0.1) is 12.0 Å². The molecule has 126 valence electrons. The molecule has 5 heteroatoms. The van der Waals surface area contributed by atoms with Gasteiger partial charge in [0.25, 0.3) is 0 Å². The zero-order valence-corrected chi connectivity index (χ0v) is 13.7. The number of carboxylic acids is 1. The number of unbranched alkanes of at least 4 members (excludes halogenated alkanes) is 1. The van der Waals surface area contributed by atoms with E-state index in [4.69, 9.17) is 4.74 Å². The quantitative estimate of drug-likeness (QED) is 0.817. The van der Waals surface area contributed by atoms with Crippen LogP contribution in [0.15, 0.2) is 30.3 Å². The standard InChI is InChI=1S/C18H25NO4/c1-2-3-13-23-17(22)19-11-9-18(10-12-19,16(20)21)14-15-7-5-4-6-8-15/h4-8H,2-3,9-14H2,1H3,(H,20,21). The van der Waals surface area contributed by atoms with Gasteiger partial charge in [-0.05, 0) is 31.2 Å². The van der Waals surface area contributed by atoms with Crippen molar-refractivity contribution in [3.63, 3.8) is 0 Å². The molecule has 1 aliphatic heterocycles. The smallest absolute Gasteiger partial charge is 0.409 e. The van der Waals surface area contributed by atoms with E-state index in [-0.39, 0.29) is 6.09 Å². The summed E-state index contributed by atoms with van der Waals surface area (Å²) in [6.07, 6.45) is 2.93. The molecule has 0 bridgehead atoms. The van der Waals surface area contributed by atoms with Crippen molar-refractivity contribution in [3.05, 3.63) is 35.9 Å². The molecule has 1 amide bonds. The molecular weight excluding hydrogens is 294 g/mol. The van der Waals surface area contributed by atoms with Crippen LogP contribution in [-0.2, 0) is 16.0 Å². The summed E-state index contributed by atoms with van der Waals surface area (Å²) in [5.41, 5.74) is 0.232. The van der Waals surface area contributed by atoms with Crippen molar-refractivity contribution in [1.82, 2.24) is 4.90 Å². The fourth-order valence-corrected chi connectivity index (χ4v) is 2.97. The molecule has 0 spiro atoms. The third-order valence-electron chi connectivity index (χ3n) is 4.54. The second-order valence-electron chi connectivity index (χ2n) is 6.20. The molecule has 23 heavy (non-hydrogen) atoms. The third-order valence-corrected chi connectivity index (χ3v) is 4.54. The van der Waals surface area contributed by atoms with Crippen LogP contribution in [0.25, 0.3) is 0 Å². The van der Waals surface area contributed by atoms with E-state index in [0.717, 1.165) is 18.4 Å². The van der Waals surface area contributed by atoms with Crippen molar-refractivity contribution in [2.75, 3.05) is 19.7 Å². The normalized spacial score (nSPS) is 16.8. The highest BCUT2D eigenvalue weighted by atomic mass is 16.6. The van der Waals surface area contributed by atoms with Crippen molar-refractivity contribution < 1.29 is 19.4 Å². The van der Waals surface area contributed by atoms with E-state index in [1.54, 1.807) is 4.90 Å². The van der Waals surface area contributed by atoms with Gasteiger partial charge in [-0.25, -0.2) is 4.79 Å². The fraction of sp³-hybridized carbons (Fsp3) is 0.556. The highest BCUT2D eigenvalue weighted by Crippen LogP contribution is 2.35. The Morgan fingerprint density at radius 3 is 2.43 bits per heavy atom. The average molecular weight is 319 g/mol. The number of carboxylic acid groups (broad SMARTS) is 1. The number of amides is 1. The van der Waals surface area contributed by atoms with E-state index in [1.165, 1.54) is 0 Å². The molecule has 0 atom stereocenters. The summed E-state index contributed by atoms with van der Waals surface area (Å²) in [4.78, 5) is 25.4. The van der Waals surface area contributed by atoms with E-state index >= 15 is 0 Å². The van der Waals surface area contributed by atoms with Gasteiger partial charge in [-0.1, -0.05) is 43.7 Å². The highest BCUT2D eigenvalue weighted by Gasteiger charge is 2.42. The first-order chi connectivity index (χ1) is 11.1. The first-order valence-corrected chi connectivity index (χ1v) is 8.26. The maximum Gasteiger partial charge on any atom is 0.409 e. The number of aliphatic carboxylic acids is 1. The molecule has 0 radical (unpaired) electrons. The lowest BCUT2D eigenvalue weighted by Crippen LogP contribution is -2.47. The van der Waals surface area contributed by atoms with Crippen LogP contribution in [0.5, 0.6) is 0 Å². The molecule has 1 N–H and O–H groups in total. The maximum absolute atomic E-state index is 12.0. The van der Waals surface area contributed by atoms with Crippen molar-refractivity contribution >= 4 is 12.1 Å². The number of hydrogen-bond acceptors (Lipinski definition) is 3. The average Bonchev–Trinajstić information content (AvgIpc) is 2.56. The Balaban J connectivity index is 1.95. The predicted molar refractivity (Wildman–Crippen MR) is 87.3 cm³/mol. The molecule has 1 aliphatic rings. The minimum atomic E-state index is -0.790. The van der Waals surface area contributed by atoms with Gasteiger partial charge in [0.15, 0.2) is 0 Å². The van der Waals surface area contributed by atoms with Gasteiger partial charge >= 0.3 is 12.1 Å². The summed E-state index contributed by atoms with van der Waals surface area (Å²) in [5.74, 6) is -0.777. The lowest BCUT2D eigenvalue weighted by atomic mass is 9.74. The molecule has 1 heterocycles. The summed E-state index contributed by atoms with van der Waals surface area (Å²) in [6.45, 7) is 3.34. The van der Waals surface area contributed by atoms with Crippen LogP contribution < -0.4 is 0 Å². The van der Waals surface area contributed by atoms with Crippen LogP contribution in [0.3, 0.4) is 0 Å². The number of ether oxygens (including phenoxy) is 1. The van der Waals surface area contributed by atoms with Gasteiger partial charge in [-0.3, -0.25) is 4.79 Å². The number of rotatable bonds is 6. The van der Waals surface area contributed by atoms with Crippen LogP contribution in [-0.4, -0.2) is 41.8 Å². The number of hydrogen-bond donors (Lipinski definition) is 1. The monoisotopic (exact) mass is 319 g/mol. The van der Waals surface area contributed by atoms with Gasteiger partial charge in [0.1, 0.15) is 0 Å². The van der Waals surface area contributed by atoms with Crippen LogP contribution >= 0.6 is 0 Å². The molecule has 0 aromatic heterocycles. The largest absolute Gasteiger partial charge is 0.481 e. The number of carbonyl (C=O) groups is 2. The molecule has 1 fully saturated rings. The molecular formula is C18H25NO4. The van der Waals surface area contributed by atoms with Gasteiger partial charge in [-0.2, -0.15) is 0 Å². The molecule has 0 saturated carbocycles. The first kappa shape index (κ1) is 17.3. The van der Waals surface area contributed by atoms with Crippen LogP contribution in [0.2, 0.25) is 0 Å². The van der Waals surface area contributed by atoms with Crippen LogP contribution in [0, 0.1) is 5.41 Å². The van der Waals surface area contributed by atoms with E-state index in [1.807, 2.05) is 37.3 Å². The van der Waals surface area contributed by atoms with Crippen LogP contribution in [0.1, 0.15) is 38.2 Å². The number of carbonyl (C=O) groups excluding carboxylic acids is 1. The zero-order chi connectivity index (χ0) is 16.7. The number of benzene rings is 1. The Kier molecular flexibility index (Phi) is 6.02. The Hall–Kier alpha value is -2.04. The fourth-order valence-electron chi connectivity index (χ4n) is 2.97. The van der Waals surface area contributed by atoms with Gasteiger partial charge in [-0.15, -0.1) is 0 Å². The second-order valence-corrected chi connectivity index (χ2v) is 6.20. The number of piperidine rings is 1. The zero-order valence-electron chi connectivity index (χ0n) is 13.7. The highest BCUT2D eigenvalue weighted by molar-refractivity contribution is 5.76. The summed E-state index contributed by atoms with van der Waals surface area (Å²) in [6, 6.07) is 9.67. The van der Waals surface area contributed by atoms with E-state index < -0.39 is 11.4 Å². The maximum atomic E-state index is 12.0. The van der Waals surface area contributed by atoms with Crippen molar-refractivity contribution in [1.29, 1.82) is 0 Å². The van der Waals surface area contributed by atoms with Crippen LogP contribution in [0.4, 0.5) is 4.79 Å². The molecule has 0 aliphatic carbocycles. The number of likely N-dealkylation sites (tertiary alicyclic amines) is 1. The van der Waals surface area contributed by atoms with Gasteiger partial charge in [0, 0.05) is 13.1 Å². The summed E-state index contributed by atoms with van der Waals surface area (Å²) >= 11 is 0. The predicted octanol–water partition coefficient (Wildman–Crippen LogP) is 3.33. The Morgan fingerprint density at radius 2 is 1.87 bits per heavy atom. The number of nitrogens with zero attached hydrogens (tertiary/aromatic N) is 1. The molecule has 0 unspecified atom stereocenters. The Labute approximate surface area is 137 Å². The minimum Gasteiger partial charge on any atom is -0.481 e. The third kappa shape index (κ3) is 4.47. The first-order valence-electron chi connectivity index (χ1n) is 8.26. The van der Waals surface area contributed by atoms with E-state index in [0.29, 0.717) is 39.0 Å². The van der Waals surface area contributed by atoms with Gasteiger partial charge < -0.3 is 14.7 Å². The summed E-state index contributed by atoms with van der Waals surface area (Å²) < 4.78 is 5.21. The van der Waals surface area contributed by atoms with Crippen molar-refractivity contribution in [2.45, 2.75) is 39.0 Å². The second kappa shape index (κ2) is 7.99. The molecule has 1 saturated heterocycles. The topological polar surface area (TPSA) is 66.8 Å². The molecule has 1 aromatic carbocycles. The Morgan fingerprint density at radius 1 is 1.22 bits per heavy atom. The lowest BCUT2D eigenvalue weighted by Gasteiger charge is -2.38. The SMILES string of the molecule is CCCCOC(=O)N1CCC(Cc2ccccc2)(C(=O)O)CC1. The Bertz CT molecular complexity index is 521. The van der Waals surface area contributed by atoms with E-state index in [2.05, 4.69) is 0 Å². The molecule has 1 aromatic rings. The minimum absolute atomic E-state index is 0.322. The lowest BCUT2D eigenvalue weighted by molar-refractivity contribution is -0.151. The summed E-state index contributed by atoms with van der Waals surface area (Å²) in [7, 11) is 0. The summed E-state index contributed by atoms with van der Waals surface area (Å²) in [5, 5.41) is 9.71. The molecule has 2 rings (SSSR count). The van der Waals surface area contributed by atoms with Crippen molar-refractivity contribution in [3.8, 4) is 0 Å².